The summed E-state index contributed by atoms with van der Waals surface area (Å²) < 4.78 is 14.3. The number of hydrogen-bond acceptors (Lipinski definition) is 2. The second kappa shape index (κ2) is 2.28. The highest BCUT2D eigenvalue weighted by Crippen LogP contribution is 1.99. The summed E-state index contributed by atoms with van der Waals surface area (Å²) in [7, 11) is 0. The normalized spacial score (nSPS) is 58.1. The Hall–Kier alpha value is -0.0800. The van der Waals surface area contributed by atoms with Crippen molar-refractivity contribution in [1.29, 1.82) is 0 Å². The smallest absolute Gasteiger partial charge is 0.0564 e. The molecule has 42 valence electrons. The van der Waals surface area contributed by atoms with Crippen molar-refractivity contribution in [2.24, 2.45) is 0 Å². The van der Waals surface area contributed by atoms with Gasteiger partial charge in [0.15, 0.2) is 0 Å². The standard InChI is InChI=1S/C5H11NO/c7-5-1-3-6-4-2-5/h5-7H,1-4H2/i3D,4D. The summed E-state index contributed by atoms with van der Waals surface area (Å²) in [6.07, 6.45) is 0.460. The van der Waals surface area contributed by atoms with Crippen LogP contribution in [-0.4, -0.2) is 24.3 Å². The van der Waals surface area contributed by atoms with Crippen LogP contribution in [0.25, 0.3) is 0 Å². The molecule has 1 fully saturated rings. The summed E-state index contributed by atoms with van der Waals surface area (Å²) in [5.41, 5.74) is 0. The Morgan fingerprint density at radius 3 is 2.57 bits per heavy atom. The molecule has 0 aliphatic carbocycles. The maximum atomic E-state index is 8.97. The van der Waals surface area contributed by atoms with Crippen LogP contribution in [0.2, 0.25) is 0 Å². The first-order valence-electron chi connectivity index (χ1n) is 3.62. The molecule has 2 unspecified atom stereocenters. The van der Waals surface area contributed by atoms with Gasteiger partial charge in [-0.05, 0) is 25.9 Å². The fraction of sp³-hybridized carbons (Fsp3) is 1.00. The zero-order valence-corrected chi connectivity index (χ0v) is 4.09. The van der Waals surface area contributed by atoms with E-state index in [0.717, 1.165) is 0 Å². The number of aliphatic hydroxyl groups excluding tert-OH is 1. The largest absolute Gasteiger partial charge is 0.393 e. The zero-order valence-electron chi connectivity index (χ0n) is 6.09. The molecule has 0 aromatic carbocycles. The SMILES string of the molecule is [2H]C1CC(O)CC([2H])N1. The molecule has 1 rings (SSSR count). The minimum absolute atomic E-state index is 0.448. The maximum absolute atomic E-state index is 8.97. The lowest BCUT2D eigenvalue weighted by molar-refractivity contribution is 0.137. The molecule has 0 aromatic heterocycles. The summed E-state index contributed by atoms with van der Waals surface area (Å²) in [5, 5.41) is 11.7. The molecule has 1 saturated heterocycles. The fourth-order valence-corrected chi connectivity index (χ4v) is 0.588. The number of aliphatic hydroxyl groups is 1. The van der Waals surface area contributed by atoms with Gasteiger partial charge in [0.1, 0.15) is 0 Å². The minimum atomic E-state index is -0.448. The van der Waals surface area contributed by atoms with Crippen LogP contribution in [0.15, 0.2) is 0 Å². The summed E-state index contributed by atoms with van der Waals surface area (Å²) in [5.74, 6) is 0. The van der Waals surface area contributed by atoms with Crippen molar-refractivity contribution in [1.82, 2.24) is 5.32 Å². The summed E-state index contributed by atoms with van der Waals surface area (Å²) >= 11 is 0. The van der Waals surface area contributed by atoms with Crippen LogP contribution in [0.4, 0.5) is 0 Å². The van der Waals surface area contributed by atoms with Crippen LogP contribution in [0.5, 0.6) is 0 Å². The molecule has 0 radical (unpaired) electrons. The first-order chi connectivity index (χ1) is 4.18. The summed E-state index contributed by atoms with van der Waals surface area (Å²) in [4.78, 5) is 0. The lowest BCUT2D eigenvalue weighted by atomic mass is 10.1. The molecular formula is C5H11NO. The van der Waals surface area contributed by atoms with Gasteiger partial charge in [0.05, 0.1) is 6.10 Å². The molecular weight excluding hydrogens is 90.1 g/mol. The highest BCUT2D eigenvalue weighted by Gasteiger charge is 2.06. The predicted molar refractivity (Wildman–Crippen MR) is 28.1 cm³/mol. The molecule has 2 atom stereocenters. The van der Waals surface area contributed by atoms with Crippen molar-refractivity contribution in [3.8, 4) is 0 Å². The third kappa shape index (κ3) is 1.45. The predicted octanol–water partition coefficient (Wildman–Crippen LogP) is -0.269. The highest BCUT2D eigenvalue weighted by atomic mass is 16.3. The second-order valence-electron chi connectivity index (χ2n) is 1.70. The molecule has 1 aliphatic heterocycles. The maximum Gasteiger partial charge on any atom is 0.0564 e. The molecule has 0 amide bonds. The van der Waals surface area contributed by atoms with Crippen LogP contribution in [0.3, 0.4) is 0 Å². The van der Waals surface area contributed by atoms with Gasteiger partial charge >= 0.3 is 0 Å². The second-order valence-corrected chi connectivity index (χ2v) is 1.70. The molecule has 2 N–H and O–H groups in total. The van der Waals surface area contributed by atoms with E-state index in [0.29, 0.717) is 12.8 Å². The Morgan fingerprint density at radius 1 is 1.57 bits per heavy atom. The number of hydrogen-bond donors (Lipinski definition) is 2. The topological polar surface area (TPSA) is 32.3 Å². The van der Waals surface area contributed by atoms with E-state index >= 15 is 0 Å². The average molecular weight is 103 g/mol. The van der Waals surface area contributed by atoms with Gasteiger partial charge in [-0.1, -0.05) is 0 Å². The molecule has 0 saturated carbocycles. The monoisotopic (exact) mass is 103 g/mol. The number of nitrogens with one attached hydrogen (secondary N) is 1. The van der Waals surface area contributed by atoms with Gasteiger partial charge in [-0.3, -0.25) is 0 Å². The van der Waals surface area contributed by atoms with Crippen LogP contribution in [-0.2, 0) is 0 Å². The van der Waals surface area contributed by atoms with E-state index in [2.05, 4.69) is 5.32 Å². The van der Waals surface area contributed by atoms with Crippen molar-refractivity contribution in [2.75, 3.05) is 13.0 Å². The van der Waals surface area contributed by atoms with E-state index in [1.54, 1.807) is 0 Å². The van der Waals surface area contributed by atoms with Gasteiger partial charge in [-0.25, -0.2) is 0 Å². The molecule has 1 aliphatic rings. The van der Waals surface area contributed by atoms with Crippen molar-refractivity contribution < 1.29 is 7.85 Å². The molecule has 0 spiro atoms. The van der Waals surface area contributed by atoms with E-state index in [1.807, 2.05) is 0 Å². The van der Waals surface area contributed by atoms with Gasteiger partial charge in [0.2, 0.25) is 0 Å². The van der Waals surface area contributed by atoms with E-state index in [9.17, 15) is 0 Å². The molecule has 7 heavy (non-hydrogen) atoms. The van der Waals surface area contributed by atoms with E-state index in [-0.39, 0.29) is 0 Å². The Kier molecular flexibility index (Phi) is 0.995. The van der Waals surface area contributed by atoms with Crippen LogP contribution in [0, 0.1) is 0 Å². The van der Waals surface area contributed by atoms with Gasteiger partial charge in [-0.15, -0.1) is 0 Å². The Morgan fingerprint density at radius 2 is 2.14 bits per heavy atom. The minimum Gasteiger partial charge on any atom is -0.393 e. The first kappa shape index (κ1) is 3.05. The van der Waals surface area contributed by atoms with Gasteiger partial charge < -0.3 is 10.4 Å². The van der Waals surface area contributed by atoms with Crippen LogP contribution >= 0.6 is 0 Å². The first-order valence-corrected chi connectivity index (χ1v) is 2.47. The summed E-state index contributed by atoms with van der Waals surface area (Å²) in [6, 6.07) is 0. The number of piperidine rings is 1. The lowest BCUT2D eigenvalue weighted by Gasteiger charge is -2.16. The molecule has 1 heterocycles. The van der Waals surface area contributed by atoms with Crippen molar-refractivity contribution >= 4 is 0 Å². The highest BCUT2D eigenvalue weighted by molar-refractivity contribution is 4.65. The Labute approximate surface area is 46.3 Å². The van der Waals surface area contributed by atoms with Crippen molar-refractivity contribution in [2.45, 2.75) is 18.9 Å². The van der Waals surface area contributed by atoms with Crippen LogP contribution < -0.4 is 5.32 Å². The van der Waals surface area contributed by atoms with E-state index < -0.39 is 19.1 Å². The summed E-state index contributed by atoms with van der Waals surface area (Å²) in [6.45, 7) is -0.896. The van der Waals surface area contributed by atoms with Crippen molar-refractivity contribution in [3.63, 3.8) is 0 Å². The molecule has 2 heteroatoms. The lowest BCUT2D eigenvalue weighted by Crippen LogP contribution is -2.30. The van der Waals surface area contributed by atoms with Gasteiger partial charge in [0, 0.05) is 2.74 Å². The van der Waals surface area contributed by atoms with E-state index in [1.165, 1.54) is 0 Å². The quantitative estimate of drug-likeness (QED) is 0.442. The number of rotatable bonds is 0. The van der Waals surface area contributed by atoms with Crippen molar-refractivity contribution in [3.05, 3.63) is 0 Å². The Balaban J connectivity index is 2.34. The fourth-order valence-electron chi connectivity index (χ4n) is 0.588. The third-order valence-corrected chi connectivity index (χ3v) is 1.02. The zero-order chi connectivity index (χ0) is 6.85. The van der Waals surface area contributed by atoms with Crippen LogP contribution in [0.1, 0.15) is 15.6 Å². The Bertz CT molecular complexity index is 75.9. The molecule has 0 aromatic rings. The average Bonchev–Trinajstić information content (AvgIpc) is 1.59. The van der Waals surface area contributed by atoms with E-state index in [4.69, 9.17) is 7.85 Å². The van der Waals surface area contributed by atoms with Gasteiger partial charge in [-0.2, -0.15) is 0 Å². The van der Waals surface area contributed by atoms with Gasteiger partial charge in [0.25, 0.3) is 0 Å². The molecule has 0 bridgehead atoms. The molecule has 2 nitrogen and oxygen atoms in total. The third-order valence-electron chi connectivity index (χ3n) is 1.02.